The van der Waals surface area contributed by atoms with Gasteiger partial charge in [0.15, 0.2) is 11.4 Å². The molecule has 17 nitrogen and oxygen atoms in total. The number of Topliss-reactive ketones (excluding diaryl/α,β-unsaturated/α-hetero) is 2. The van der Waals surface area contributed by atoms with Gasteiger partial charge in [-0.25, -0.2) is 4.79 Å². The van der Waals surface area contributed by atoms with Gasteiger partial charge < -0.3 is 45.9 Å². The maximum absolute atomic E-state index is 14.3. The minimum Gasteiger partial charge on any atom is -0.508 e. The van der Waals surface area contributed by atoms with Crippen molar-refractivity contribution in [3.63, 3.8) is 0 Å². The number of phenols is 1. The Morgan fingerprint density at radius 3 is 2.29 bits per heavy atom. The van der Waals surface area contributed by atoms with E-state index in [1.807, 2.05) is 6.92 Å². The Labute approximate surface area is 318 Å². The molecule has 0 heterocycles. The van der Waals surface area contributed by atoms with E-state index in [1.165, 1.54) is 25.1 Å². The van der Waals surface area contributed by atoms with Crippen molar-refractivity contribution in [2.75, 3.05) is 58.3 Å². The number of carbonyl (C=O) groups is 6. The van der Waals surface area contributed by atoms with E-state index in [4.69, 9.17) is 15.2 Å². The Balaban J connectivity index is 1.43. The minimum absolute atomic E-state index is 0.0474. The Morgan fingerprint density at radius 2 is 1.69 bits per heavy atom. The second-order valence-electron chi connectivity index (χ2n) is 15.2. The van der Waals surface area contributed by atoms with Gasteiger partial charge in [-0.15, -0.1) is 0 Å². The number of amides is 3. The molecule has 0 saturated heterocycles. The highest BCUT2D eigenvalue weighted by atomic mass is 16.7. The van der Waals surface area contributed by atoms with Gasteiger partial charge in [0, 0.05) is 37.8 Å². The number of hydrogen-bond acceptors (Lipinski definition) is 14. The van der Waals surface area contributed by atoms with Crippen LogP contribution in [0.2, 0.25) is 0 Å². The topological polar surface area (TPSA) is 250 Å². The van der Waals surface area contributed by atoms with Gasteiger partial charge in [0.25, 0.3) is 5.91 Å². The van der Waals surface area contributed by atoms with Gasteiger partial charge in [0.2, 0.25) is 18.5 Å². The molecule has 7 N–H and O–H groups in total. The Bertz CT molecular complexity index is 1830. The highest BCUT2D eigenvalue weighted by Crippen LogP contribution is 2.54. The molecule has 3 amide bonds. The molecular weight excluding hydrogens is 718 g/mol. The number of anilines is 2. The number of esters is 1. The lowest BCUT2D eigenvalue weighted by molar-refractivity contribution is -0.158. The largest absolute Gasteiger partial charge is 0.508 e. The SMILES string of the molecule is CCCCN(CC(=O)Nc1cc(N(C)C)c2c(c1O)C(O)=C1C(=O)[C@]3(O)C(O)=C(C(N)=O)C(=O)[C@@H](N(C)C)[C@@H]3C[C@@H]1C2)C(=O)OCOC(=O)C1CCCCC1. The number of benzene rings is 1. The third kappa shape index (κ3) is 7.59. The summed E-state index contributed by atoms with van der Waals surface area (Å²) in [5.41, 5.74) is 1.83. The van der Waals surface area contributed by atoms with E-state index in [1.54, 1.807) is 19.0 Å². The molecule has 1 aromatic carbocycles. The quantitative estimate of drug-likeness (QED) is 0.0773. The fourth-order valence-electron chi connectivity index (χ4n) is 8.42. The molecule has 17 heteroatoms. The van der Waals surface area contributed by atoms with Crippen LogP contribution in [0.15, 0.2) is 23.0 Å². The number of primary amides is 1. The molecule has 4 atom stereocenters. The second kappa shape index (κ2) is 16.3. The lowest BCUT2D eigenvalue weighted by Gasteiger charge is -2.50. The van der Waals surface area contributed by atoms with Crippen molar-refractivity contribution < 1.29 is 58.7 Å². The predicted molar refractivity (Wildman–Crippen MR) is 198 cm³/mol. The average molecular weight is 770 g/mol. The lowest BCUT2D eigenvalue weighted by Crippen LogP contribution is -2.65. The molecule has 0 bridgehead atoms. The number of phenolic OH excluding ortho intramolecular Hbond substituents is 1. The van der Waals surface area contributed by atoms with Crippen molar-refractivity contribution in [1.82, 2.24) is 9.80 Å². The number of rotatable bonds is 12. The predicted octanol–water partition coefficient (Wildman–Crippen LogP) is 2.29. The summed E-state index contributed by atoms with van der Waals surface area (Å²) in [6.07, 6.45) is 4.63. The van der Waals surface area contributed by atoms with Crippen LogP contribution in [0.3, 0.4) is 0 Å². The number of nitrogens with two attached hydrogens (primary N) is 1. The summed E-state index contributed by atoms with van der Waals surface area (Å²) < 4.78 is 10.4. The van der Waals surface area contributed by atoms with Gasteiger partial charge in [-0.2, -0.15) is 0 Å². The van der Waals surface area contributed by atoms with E-state index in [9.17, 15) is 49.2 Å². The van der Waals surface area contributed by atoms with Gasteiger partial charge in [-0.3, -0.25) is 33.8 Å². The van der Waals surface area contributed by atoms with E-state index in [2.05, 4.69) is 5.32 Å². The number of carbonyl (C=O) groups excluding carboxylic acids is 6. The van der Waals surface area contributed by atoms with E-state index in [-0.39, 0.29) is 42.1 Å². The minimum atomic E-state index is -2.80. The highest BCUT2D eigenvalue weighted by Gasteiger charge is 2.64. The summed E-state index contributed by atoms with van der Waals surface area (Å²) in [5, 5.41) is 49.0. The third-order valence-electron chi connectivity index (χ3n) is 11.1. The van der Waals surface area contributed by atoms with E-state index in [0.717, 1.165) is 24.2 Å². The van der Waals surface area contributed by atoms with Gasteiger partial charge in [0.05, 0.1) is 23.2 Å². The molecule has 2 saturated carbocycles. The number of hydrogen-bond donors (Lipinski definition) is 6. The molecule has 1 aromatic rings. The summed E-state index contributed by atoms with van der Waals surface area (Å²) >= 11 is 0. The first-order chi connectivity index (χ1) is 25.9. The smallest absolute Gasteiger partial charge is 0.413 e. The second-order valence-corrected chi connectivity index (χ2v) is 15.2. The van der Waals surface area contributed by atoms with Crippen LogP contribution in [0.1, 0.15) is 69.4 Å². The van der Waals surface area contributed by atoms with Crippen molar-refractivity contribution in [2.24, 2.45) is 23.5 Å². The van der Waals surface area contributed by atoms with Crippen LogP contribution in [-0.4, -0.2) is 125 Å². The molecule has 0 radical (unpaired) electrons. The summed E-state index contributed by atoms with van der Waals surface area (Å²) in [6.45, 7) is 0.916. The molecule has 0 aliphatic heterocycles. The third-order valence-corrected chi connectivity index (χ3v) is 11.1. The van der Waals surface area contributed by atoms with E-state index < -0.39 is 95.1 Å². The molecular formula is C38H51N5O12. The number of aliphatic hydroxyl groups is 3. The molecule has 2 fully saturated rings. The van der Waals surface area contributed by atoms with Gasteiger partial charge >= 0.3 is 12.1 Å². The normalized spacial score (nSPS) is 23.8. The van der Waals surface area contributed by atoms with Crippen molar-refractivity contribution >= 4 is 52.6 Å². The number of nitrogens with one attached hydrogen (secondary N) is 1. The highest BCUT2D eigenvalue weighted by molar-refractivity contribution is 6.24. The molecule has 0 aromatic heterocycles. The van der Waals surface area contributed by atoms with Crippen LogP contribution in [0, 0.1) is 17.8 Å². The standard InChI is InChI=1S/C38H51N5O12/c1-6-7-13-43(37(52)55-18-54-36(51)19-11-9-8-10-12-19)17-25(44)40-23-16-24(41(2)3)21-14-20-15-22-29(42(4)5)32(47)28(35(39)50)34(49)38(22,53)33(48)26(20)31(46)27(21)30(23)45/h16,19-20,22,29,45-46,49,53H,6-15,17-18H2,1-5H3,(H2,39,50)(H,40,44)/t20-,22-,29-,38-/m0/s1. The summed E-state index contributed by atoms with van der Waals surface area (Å²) in [5.74, 6) is -9.31. The van der Waals surface area contributed by atoms with Crippen LogP contribution in [-0.2, 0) is 39.9 Å². The monoisotopic (exact) mass is 769 g/mol. The van der Waals surface area contributed by atoms with Gasteiger partial charge in [0.1, 0.15) is 29.4 Å². The zero-order valence-electron chi connectivity index (χ0n) is 31.8. The van der Waals surface area contributed by atoms with Crippen LogP contribution in [0.25, 0.3) is 5.76 Å². The maximum atomic E-state index is 14.3. The number of aromatic hydroxyl groups is 1. The van der Waals surface area contributed by atoms with Crippen LogP contribution < -0.4 is 16.0 Å². The fraction of sp³-hybridized carbons (Fsp3) is 0.579. The zero-order valence-corrected chi connectivity index (χ0v) is 31.8. The Morgan fingerprint density at radius 1 is 1.02 bits per heavy atom. The number of ketones is 2. The number of unbranched alkanes of at least 4 members (excludes halogenated alkanes) is 1. The van der Waals surface area contributed by atoms with Crippen molar-refractivity contribution in [1.29, 1.82) is 0 Å². The number of aliphatic hydroxyl groups excluding tert-OH is 2. The van der Waals surface area contributed by atoms with Crippen molar-refractivity contribution in [3.8, 4) is 5.75 Å². The van der Waals surface area contributed by atoms with Crippen LogP contribution >= 0.6 is 0 Å². The van der Waals surface area contributed by atoms with E-state index in [0.29, 0.717) is 36.9 Å². The maximum Gasteiger partial charge on any atom is 0.413 e. The molecule has 4 aliphatic rings. The van der Waals surface area contributed by atoms with E-state index >= 15 is 0 Å². The molecule has 0 spiro atoms. The van der Waals surface area contributed by atoms with Gasteiger partial charge in [-0.1, -0.05) is 32.6 Å². The van der Waals surface area contributed by atoms with Crippen LogP contribution in [0.5, 0.6) is 5.75 Å². The first kappa shape index (κ1) is 41.0. The summed E-state index contributed by atoms with van der Waals surface area (Å²) in [7, 11) is 6.43. The molecule has 55 heavy (non-hydrogen) atoms. The zero-order chi connectivity index (χ0) is 40.5. The molecule has 300 valence electrons. The Kier molecular flexibility index (Phi) is 12.1. The number of ether oxygens (including phenoxy) is 2. The van der Waals surface area contributed by atoms with Crippen molar-refractivity contribution in [3.05, 3.63) is 34.1 Å². The van der Waals surface area contributed by atoms with Crippen molar-refractivity contribution in [2.45, 2.75) is 76.4 Å². The molecule has 4 aliphatic carbocycles. The molecule has 5 rings (SSSR count). The summed E-state index contributed by atoms with van der Waals surface area (Å²) in [4.78, 5) is 83.0. The number of nitrogens with zero attached hydrogens (tertiary/aromatic N) is 3. The summed E-state index contributed by atoms with van der Waals surface area (Å²) in [6, 6.07) is 0.257. The number of likely N-dealkylation sites (N-methyl/N-ethyl adjacent to an activating group) is 1. The number of fused-ring (bicyclic) bond motifs is 3. The lowest BCUT2D eigenvalue weighted by atomic mass is 9.57. The van der Waals surface area contributed by atoms with Crippen LogP contribution in [0.4, 0.5) is 16.2 Å². The first-order valence-electron chi connectivity index (χ1n) is 18.5. The van der Waals surface area contributed by atoms with Gasteiger partial charge in [-0.05, 0) is 63.7 Å². The average Bonchev–Trinajstić information content (AvgIpc) is 3.12. The first-order valence-corrected chi connectivity index (χ1v) is 18.5. The molecule has 0 unspecified atom stereocenters. The fourth-order valence-corrected chi connectivity index (χ4v) is 8.42. The Hall–Kier alpha value is -5.16.